The lowest BCUT2D eigenvalue weighted by atomic mass is 9.48. The summed E-state index contributed by atoms with van der Waals surface area (Å²) in [6.07, 6.45) is 16.0. The number of pyridine rings is 1. The van der Waals surface area contributed by atoms with Gasteiger partial charge in [-0.05, 0) is 136 Å². The van der Waals surface area contributed by atoms with E-state index in [9.17, 15) is 14.7 Å². The molecule has 256 valence electrons. The van der Waals surface area contributed by atoms with E-state index in [1.165, 1.54) is 39.8 Å². The van der Waals surface area contributed by atoms with Crippen molar-refractivity contribution in [2.45, 2.75) is 104 Å². The quantitative estimate of drug-likeness (QED) is 0.307. The molecule has 2 aromatic rings. The van der Waals surface area contributed by atoms with Gasteiger partial charge in [0.2, 0.25) is 0 Å². The normalized spacial score (nSPS) is 32.3. The first-order chi connectivity index (χ1) is 23.1. The van der Waals surface area contributed by atoms with Crippen LogP contribution in [0.2, 0.25) is 5.02 Å². The van der Waals surface area contributed by atoms with Crippen LogP contribution in [0, 0.1) is 28.6 Å². The molecule has 1 aromatic heterocycles. The first-order valence-corrected chi connectivity index (χ1v) is 18.8. The van der Waals surface area contributed by atoms with Crippen molar-refractivity contribution in [2.24, 2.45) is 28.6 Å². The van der Waals surface area contributed by atoms with E-state index in [1.54, 1.807) is 4.90 Å². The van der Waals surface area contributed by atoms with Gasteiger partial charge in [-0.2, -0.15) is 0 Å². The Labute approximate surface area is 291 Å². The lowest BCUT2D eigenvalue weighted by molar-refractivity contribution is -0.132. The van der Waals surface area contributed by atoms with Gasteiger partial charge in [-0.1, -0.05) is 54.8 Å². The number of piperidine rings is 1. The second kappa shape index (κ2) is 13.4. The summed E-state index contributed by atoms with van der Waals surface area (Å²) in [5.41, 5.74) is 9.27. The van der Waals surface area contributed by atoms with Crippen LogP contribution in [0.5, 0.6) is 0 Å². The molecule has 8 rings (SSSR count). The molecule has 2 heterocycles. The van der Waals surface area contributed by atoms with Gasteiger partial charge in [-0.3, -0.25) is 9.78 Å². The number of nitrogens with zero attached hydrogens (tertiary/aromatic N) is 2. The van der Waals surface area contributed by atoms with Crippen LogP contribution in [0.15, 0.2) is 53.8 Å². The van der Waals surface area contributed by atoms with Crippen molar-refractivity contribution in [3.8, 4) is 0 Å². The Morgan fingerprint density at radius 1 is 1.00 bits per heavy atom. The summed E-state index contributed by atoms with van der Waals surface area (Å²) in [4.78, 5) is 30.9. The van der Waals surface area contributed by atoms with Gasteiger partial charge in [-0.25, -0.2) is 4.79 Å². The van der Waals surface area contributed by atoms with Crippen molar-refractivity contribution in [1.82, 2.24) is 9.88 Å². The van der Waals surface area contributed by atoms with Crippen LogP contribution in [0.25, 0.3) is 5.57 Å². The average molecular weight is 671 g/mol. The molecule has 1 N–H and O–H groups in total. The van der Waals surface area contributed by atoms with Crippen molar-refractivity contribution in [2.75, 3.05) is 19.7 Å². The van der Waals surface area contributed by atoms with E-state index >= 15 is 0 Å². The smallest absolute Gasteiger partial charge is 0.409 e. The molecule has 0 spiro atoms. The van der Waals surface area contributed by atoms with Crippen LogP contribution in [0.4, 0.5) is 4.79 Å². The summed E-state index contributed by atoms with van der Waals surface area (Å²) >= 11 is 6.27. The zero-order chi connectivity index (χ0) is 33.6. The number of likely N-dealkylation sites (tertiary alicyclic amines) is 1. The van der Waals surface area contributed by atoms with E-state index in [2.05, 4.69) is 38.1 Å². The Kier molecular flexibility index (Phi) is 9.36. The summed E-state index contributed by atoms with van der Waals surface area (Å²) in [5.74, 6) is 2.60. The van der Waals surface area contributed by atoms with E-state index in [-0.39, 0.29) is 17.6 Å². The fourth-order valence-corrected chi connectivity index (χ4v) is 10.7. The molecule has 1 amide bonds. The number of aliphatic hydroxyl groups is 1. The molecule has 3 saturated carbocycles. The number of carbonyl (C=O) groups excluding carboxylic acids is 2. The van der Waals surface area contributed by atoms with Gasteiger partial charge in [0.15, 0.2) is 0 Å². The van der Waals surface area contributed by atoms with Crippen LogP contribution < -0.4 is 0 Å². The molecule has 6 nitrogen and oxygen atoms in total. The number of ether oxygens (including phenoxy) is 1. The van der Waals surface area contributed by atoms with Gasteiger partial charge < -0.3 is 14.7 Å². The zero-order valence-corrected chi connectivity index (χ0v) is 29.7. The third-order valence-corrected chi connectivity index (χ3v) is 13.4. The first-order valence-electron chi connectivity index (χ1n) is 18.4. The minimum Gasteiger partial charge on any atom is -0.450 e. The summed E-state index contributed by atoms with van der Waals surface area (Å²) in [6.45, 7) is 8.31. The molecule has 1 aliphatic heterocycles. The highest BCUT2D eigenvalue weighted by atomic mass is 35.5. The van der Waals surface area contributed by atoms with Crippen LogP contribution in [-0.4, -0.2) is 52.7 Å². The Morgan fingerprint density at radius 3 is 2.54 bits per heavy atom. The highest BCUT2D eigenvalue weighted by molar-refractivity contribution is 6.30. The fourth-order valence-electron chi connectivity index (χ4n) is 10.5. The number of amides is 1. The van der Waals surface area contributed by atoms with Gasteiger partial charge in [0.05, 0.1) is 18.4 Å². The maximum absolute atomic E-state index is 12.4. The average Bonchev–Trinajstić information content (AvgIpc) is 3.29. The summed E-state index contributed by atoms with van der Waals surface area (Å²) in [5, 5.41) is 10.8. The van der Waals surface area contributed by atoms with Crippen molar-refractivity contribution in [3.05, 3.63) is 81.2 Å². The number of aryl methyl sites for hydroxylation is 2. The lowest BCUT2D eigenvalue weighted by Gasteiger charge is -2.56. The second-order valence-electron chi connectivity index (χ2n) is 15.6. The van der Waals surface area contributed by atoms with Crippen LogP contribution in [-0.2, 0) is 22.4 Å². The van der Waals surface area contributed by atoms with Gasteiger partial charge in [0.25, 0.3) is 0 Å². The number of aromatic nitrogens is 1. The molecule has 0 bridgehead atoms. The van der Waals surface area contributed by atoms with E-state index < -0.39 is 0 Å². The Hall–Kier alpha value is -2.96. The van der Waals surface area contributed by atoms with Gasteiger partial charge in [0.1, 0.15) is 5.78 Å². The summed E-state index contributed by atoms with van der Waals surface area (Å²) in [7, 11) is 0. The van der Waals surface area contributed by atoms with Crippen LogP contribution >= 0.6 is 11.6 Å². The van der Waals surface area contributed by atoms with E-state index in [0.29, 0.717) is 42.7 Å². The number of halogens is 1. The number of rotatable bonds is 1. The third-order valence-electron chi connectivity index (χ3n) is 13.2. The number of aliphatic hydroxyl groups excluding tert-OH is 1. The van der Waals surface area contributed by atoms with Crippen molar-refractivity contribution < 1.29 is 19.4 Å². The number of hydrogen-bond donors (Lipinski definition) is 1. The molecule has 0 radical (unpaired) electrons. The molecular formula is C41H51ClN2O4. The van der Waals surface area contributed by atoms with Gasteiger partial charge in [0, 0.05) is 41.7 Å². The molecule has 48 heavy (non-hydrogen) atoms. The molecule has 7 heteroatoms. The van der Waals surface area contributed by atoms with Crippen LogP contribution in [0.3, 0.4) is 0 Å². The third kappa shape index (κ3) is 5.95. The number of Topliss-reactive ketones (excluding diaryl/α,β-unsaturated/α-hetero) is 1. The number of hydrogen-bond acceptors (Lipinski definition) is 5. The maximum atomic E-state index is 12.4. The molecule has 4 fully saturated rings. The lowest BCUT2D eigenvalue weighted by Crippen LogP contribution is -2.50. The fraction of sp³-hybridized carbons (Fsp3) is 0.585. The van der Waals surface area contributed by atoms with Crippen molar-refractivity contribution in [1.29, 1.82) is 0 Å². The first kappa shape index (κ1) is 33.5. The minimum absolute atomic E-state index is 0.0168. The standard InChI is InChI=1S/C22H23ClN2O2.C19H28O2/c1-2-27-22(26)25-12-9-15(10-13-25)20-19-8-7-18(23)14-17(19)6-5-16-4-3-11-24-21(16)20;1-18-9-7-13(20)11-12(18)3-4-14-15-5-6-17(21)19(15,2)10-8-16(14)18/h3-4,7-8,11,14H,2,5-6,9-10,12-13H2,1H3;3,13-16,20H,4-11H2,1-2H3/t;13-,14-,15-,16-,18-,19-/m.0/s1. The van der Waals surface area contributed by atoms with Crippen molar-refractivity contribution in [3.63, 3.8) is 0 Å². The molecule has 5 aliphatic carbocycles. The summed E-state index contributed by atoms with van der Waals surface area (Å²) < 4.78 is 5.15. The van der Waals surface area contributed by atoms with Crippen molar-refractivity contribution >= 4 is 29.1 Å². The summed E-state index contributed by atoms with van der Waals surface area (Å²) in [6, 6.07) is 10.3. The molecule has 1 saturated heterocycles. The van der Waals surface area contributed by atoms with Crippen LogP contribution in [0.1, 0.15) is 107 Å². The Bertz CT molecular complexity index is 1640. The number of allylic oxidation sites excluding steroid dienone is 1. The van der Waals surface area contributed by atoms with E-state index in [1.807, 2.05) is 25.3 Å². The molecule has 6 atom stereocenters. The van der Waals surface area contributed by atoms with Gasteiger partial charge >= 0.3 is 6.09 Å². The topological polar surface area (TPSA) is 79.7 Å². The Morgan fingerprint density at radius 2 is 1.75 bits per heavy atom. The molecular weight excluding hydrogens is 620 g/mol. The predicted octanol–water partition coefficient (Wildman–Crippen LogP) is 8.77. The maximum Gasteiger partial charge on any atom is 0.409 e. The number of ketones is 1. The predicted molar refractivity (Wildman–Crippen MR) is 190 cm³/mol. The monoisotopic (exact) mass is 670 g/mol. The van der Waals surface area contributed by atoms with Gasteiger partial charge in [-0.15, -0.1) is 0 Å². The number of fused-ring (bicyclic) bond motifs is 7. The molecule has 1 aromatic carbocycles. The minimum atomic E-state index is -0.215. The molecule has 6 aliphatic rings. The molecule has 0 unspecified atom stereocenters. The number of carbonyl (C=O) groups is 2. The zero-order valence-electron chi connectivity index (χ0n) is 28.9. The largest absolute Gasteiger partial charge is 0.450 e. The Balaban J connectivity index is 0.000000156. The highest BCUT2D eigenvalue weighted by Gasteiger charge is 2.58. The van der Waals surface area contributed by atoms with E-state index in [0.717, 1.165) is 87.3 Å². The van der Waals surface area contributed by atoms with E-state index in [4.69, 9.17) is 21.3 Å². The SMILES string of the molecule is CCOC(=O)N1CCC(=C2c3ccc(Cl)cc3CCc3cccnc32)CC1.C[C@]12CC[C@H](O)CC1=CC[C@@H]1[C@@H]2CC[C@]2(C)C(=O)CC[C@@H]12. The number of benzene rings is 1. The highest BCUT2D eigenvalue weighted by Crippen LogP contribution is 2.64. The second-order valence-corrected chi connectivity index (χ2v) is 16.0.